The number of β-amino-alcohol motifs (C(OH)–C–C–N with tert-alkyl or cyclic N) is 1. The van der Waals surface area contributed by atoms with E-state index in [0.29, 0.717) is 43.4 Å². The average molecular weight is 341 g/mol. The van der Waals surface area contributed by atoms with Crippen molar-refractivity contribution in [1.29, 1.82) is 0 Å². The van der Waals surface area contributed by atoms with Crippen molar-refractivity contribution in [3.63, 3.8) is 0 Å². The summed E-state index contributed by atoms with van der Waals surface area (Å²) in [5.41, 5.74) is 0.829. The van der Waals surface area contributed by atoms with Gasteiger partial charge in [0.2, 0.25) is 5.91 Å². The zero-order valence-corrected chi connectivity index (χ0v) is 14.6. The molecule has 0 spiro atoms. The van der Waals surface area contributed by atoms with Gasteiger partial charge in [0.1, 0.15) is 5.75 Å². The van der Waals surface area contributed by atoms with Crippen LogP contribution in [0, 0.1) is 0 Å². The molecule has 0 aromatic heterocycles. The first-order valence-corrected chi connectivity index (χ1v) is 8.47. The van der Waals surface area contributed by atoms with E-state index in [9.17, 15) is 4.79 Å². The molecule has 1 amide bonds. The van der Waals surface area contributed by atoms with E-state index in [1.807, 2.05) is 24.0 Å². The molecule has 0 saturated carbocycles. The van der Waals surface area contributed by atoms with Gasteiger partial charge in [-0.15, -0.1) is 0 Å². The third-order valence-electron chi connectivity index (χ3n) is 4.18. The van der Waals surface area contributed by atoms with Crippen molar-refractivity contribution in [2.24, 2.45) is 0 Å². The van der Waals surface area contributed by atoms with Crippen LogP contribution in [0.15, 0.2) is 18.2 Å². The topological polar surface area (TPSA) is 53.0 Å². The summed E-state index contributed by atoms with van der Waals surface area (Å²) in [6, 6.07) is 5.76. The maximum atomic E-state index is 12.6. The number of carbonyl (C=O) groups is 1. The Labute approximate surface area is 142 Å². The molecule has 1 aliphatic heterocycles. The molecule has 0 aliphatic carbocycles. The van der Waals surface area contributed by atoms with Crippen LogP contribution in [0.3, 0.4) is 0 Å². The lowest BCUT2D eigenvalue weighted by Gasteiger charge is -2.39. The molecule has 1 heterocycles. The summed E-state index contributed by atoms with van der Waals surface area (Å²) in [7, 11) is 0. The first-order valence-electron chi connectivity index (χ1n) is 8.09. The number of nitrogens with zero attached hydrogens (tertiary/aromatic N) is 2. The summed E-state index contributed by atoms with van der Waals surface area (Å²) in [4.78, 5) is 16.7. The van der Waals surface area contributed by atoms with Gasteiger partial charge in [0.25, 0.3) is 0 Å². The largest absolute Gasteiger partial charge is 0.492 e. The number of para-hydroxylation sites is 1. The van der Waals surface area contributed by atoms with Gasteiger partial charge in [0.05, 0.1) is 24.7 Å². The van der Waals surface area contributed by atoms with Crippen LogP contribution < -0.4 is 4.74 Å². The maximum absolute atomic E-state index is 12.6. The minimum atomic E-state index is 0.0868. The highest BCUT2D eigenvalue weighted by atomic mass is 35.5. The van der Waals surface area contributed by atoms with Gasteiger partial charge in [-0.05, 0) is 19.9 Å². The Kier molecular flexibility index (Phi) is 6.69. The third-order valence-corrected chi connectivity index (χ3v) is 4.48. The predicted molar refractivity (Wildman–Crippen MR) is 91.0 cm³/mol. The molecule has 2 rings (SSSR count). The molecule has 1 fully saturated rings. The van der Waals surface area contributed by atoms with E-state index in [2.05, 4.69) is 11.8 Å². The monoisotopic (exact) mass is 340 g/mol. The lowest BCUT2D eigenvalue weighted by atomic mass is 10.1. The Balaban J connectivity index is 2.02. The van der Waals surface area contributed by atoms with Crippen molar-refractivity contribution in [2.75, 3.05) is 39.4 Å². The van der Waals surface area contributed by atoms with Crippen LogP contribution in [0.25, 0.3) is 0 Å². The van der Waals surface area contributed by atoms with E-state index in [4.69, 9.17) is 21.4 Å². The number of benzene rings is 1. The Morgan fingerprint density at radius 2 is 2.22 bits per heavy atom. The molecule has 1 N–H and O–H groups in total. The average Bonchev–Trinajstić information content (AvgIpc) is 2.53. The van der Waals surface area contributed by atoms with E-state index in [0.717, 1.165) is 12.1 Å². The number of halogens is 1. The van der Waals surface area contributed by atoms with Crippen LogP contribution in [-0.4, -0.2) is 66.2 Å². The van der Waals surface area contributed by atoms with Gasteiger partial charge in [-0.3, -0.25) is 9.69 Å². The standard InChI is InChI=1S/C17H25ClN2O3/c1-3-23-17-14(5-4-6-15(17)18)11-16(22)20-8-7-19(9-10-21)13(2)12-20/h4-6,13,21H,3,7-12H2,1-2H3/t13-/m0/s1. The number of ether oxygens (including phenoxy) is 1. The van der Waals surface area contributed by atoms with E-state index in [1.54, 1.807) is 6.07 Å². The van der Waals surface area contributed by atoms with Gasteiger partial charge >= 0.3 is 0 Å². The molecule has 0 bridgehead atoms. The van der Waals surface area contributed by atoms with Gasteiger partial charge < -0.3 is 14.7 Å². The second kappa shape index (κ2) is 8.52. The number of aliphatic hydroxyl groups excluding tert-OH is 1. The Hall–Kier alpha value is -1.30. The van der Waals surface area contributed by atoms with Crippen LogP contribution in [-0.2, 0) is 11.2 Å². The first-order chi connectivity index (χ1) is 11.1. The van der Waals surface area contributed by atoms with Gasteiger partial charge in [-0.2, -0.15) is 0 Å². The molecule has 1 aromatic rings. The highest BCUT2D eigenvalue weighted by Crippen LogP contribution is 2.29. The number of hydrogen-bond donors (Lipinski definition) is 1. The number of hydrogen-bond acceptors (Lipinski definition) is 4. The number of carbonyl (C=O) groups excluding carboxylic acids is 1. The van der Waals surface area contributed by atoms with Gasteiger partial charge in [0, 0.05) is 37.8 Å². The lowest BCUT2D eigenvalue weighted by molar-refractivity contribution is -0.133. The number of amides is 1. The van der Waals surface area contributed by atoms with E-state index >= 15 is 0 Å². The maximum Gasteiger partial charge on any atom is 0.227 e. The lowest BCUT2D eigenvalue weighted by Crippen LogP contribution is -2.54. The minimum absolute atomic E-state index is 0.0868. The van der Waals surface area contributed by atoms with Gasteiger partial charge in [-0.1, -0.05) is 23.7 Å². The Bertz CT molecular complexity index is 539. The highest BCUT2D eigenvalue weighted by Gasteiger charge is 2.26. The number of piperazine rings is 1. The molecule has 1 atom stereocenters. The SMILES string of the molecule is CCOc1c(Cl)cccc1CC(=O)N1CCN(CCO)[C@@H](C)C1. The number of aliphatic hydroxyl groups is 1. The fourth-order valence-corrected chi connectivity index (χ4v) is 3.20. The zero-order valence-electron chi connectivity index (χ0n) is 13.8. The fourth-order valence-electron chi connectivity index (χ4n) is 2.96. The summed E-state index contributed by atoms with van der Waals surface area (Å²) < 4.78 is 5.59. The molecule has 0 unspecified atom stereocenters. The summed E-state index contributed by atoms with van der Waals surface area (Å²) >= 11 is 6.17. The Morgan fingerprint density at radius 1 is 1.43 bits per heavy atom. The van der Waals surface area contributed by atoms with E-state index in [-0.39, 0.29) is 18.6 Å². The normalized spacial score (nSPS) is 19.0. The van der Waals surface area contributed by atoms with Crippen LogP contribution in [0.4, 0.5) is 0 Å². The van der Waals surface area contributed by atoms with Crippen LogP contribution in [0.5, 0.6) is 5.75 Å². The highest BCUT2D eigenvalue weighted by molar-refractivity contribution is 6.32. The van der Waals surface area contributed by atoms with Crippen LogP contribution in [0.1, 0.15) is 19.4 Å². The smallest absolute Gasteiger partial charge is 0.227 e. The minimum Gasteiger partial charge on any atom is -0.492 e. The summed E-state index contributed by atoms with van der Waals surface area (Å²) in [5, 5.41) is 9.60. The van der Waals surface area contributed by atoms with Crippen molar-refractivity contribution in [3.8, 4) is 5.75 Å². The molecular weight excluding hydrogens is 316 g/mol. The van der Waals surface area contributed by atoms with Crippen molar-refractivity contribution in [1.82, 2.24) is 9.80 Å². The predicted octanol–water partition coefficient (Wildman–Crippen LogP) is 1.81. The molecule has 1 aromatic carbocycles. The molecule has 6 heteroatoms. The number of rotatable bonds is 6. The summed E-state index contributed by atoms with van der Waals surface area (Å²) in [6.07, 6.45) is 0.294. The molecule has 0 radical (unpaired) electrons. The van der Waals surface area contributed by atoms with Crippen molar-refractivity contribution >= 4 is 17.5 Å². The molecule has 1 saturated heterocycles. The molecule has 5 nitrogen and oxygen atoms in total. The van der Waals surface area contributed by atoms with Gasteiger partial charge in [-0.25, -0.2) is 0 Å². The van der Waals surface area contributed by atoms with E-state index < -0.39 is 0 Å². The Morgan fingerprint density at radius 3 is 2.87 bits per heavy atom. The van der Waals surface area contributed by atoms with Crippen molar-refractivity contribution < 1.29 is 14.6 Å². The molecule has 23 heavy (non-hydrogen) atoms. The second-order valence-electron chi connectivity index (χ2n) is 5.79. The quantitative estimate of drug-likeness (QED) is 0.858. The van der Waals surface area contributed by atoms with Gasteiger partial charge in [0.15, 0.2) is 0 Å². The molecule has 128 valence electrons. The molecular formula is C17H25ClN2O3. The molecule has 1 aliphatic rings. The first kappa shape index (κ1) is 18.0. The zero-order chi connectivity index (χ0) is 16.8. The van der Waals surface area contributed by atoms with Crippen LogP contribution in [0.2, 0.25) is 5.02 Å². The van der Waals surface area contributed by atoms with E-state index in [1.165, 1.54) is 0 Å². The van der Waals surface area contributed by atoms with Crippen molar-refractivity contribution in [2.45, 2.75) is 26.3 Å². The van der Waals surface area contributed by atoms with Crippen molar-refractivity contribution in [3.05, 3.63) is 28.8 Å². The van der Waals surface area contributed by atoms with Crippen LogP contribution >= 0.6 is 11.6 Å². The summed E-state index contributed by atoms with van der Waals surface area (Å²) in [6.45, 7) is 7.47. The second-order valence-corrected chi connectivity index (χ2v) is 6.19. The fraction of sp³-hybridized carbons (Fsp3) is 0.588. The summed E-state index contributed by atoms with van der Waals surface area (Å²) in [5.74, 6) is 0.695. The third kappa shape index (κ3) is 4.59.